The van der Waals surface area contributed by atoms with E-state index in [1.165, 1.54) is 89.0 Å². The molecule has 0 aliphatic heterocycles. The van der Waals surface area contributed by atoms with Gasteiger partial charge in [-0.3, -0.25) is 0 Å². The maximum absolute atomic E-state index is 4.79. The molecule has 8 aromatic rings. The third-order valence-corrected chi connectivity index (χ3v) is 39.0. The van der Waals surface area contributed by atoms with Crippen LogP contribution < -0.4 is 0 Å². The second-order valence-corrected chi connectivity index (χ2v) is 42.9. The average Bonchev–Trinajstić information content (AvgIpc) is 3.96. The normalized spacial score (nSPS) is 15.5. The Morgan fingerprint density at radius 1 is 0.350 bits per heavy atom. The SMILES string of the molecule is Cc1ccc([C](c2ccc(C)cc2)=[Hf]([CH3])([CH3])([CH]2C=Cc3c(-c4ccccc4-c4ccccc4)cccc32)[CH]2C=Cc3c(-c4ccccc4-c4ccccc4)cccc32)cc1. The molecule has 0 spiro atoms. The Labute approximate surface area is 356 Å². The molecule has 2 unspecified atom stereocenters. The van der Waals surface area contributed by atoms with Gasteiger partial charge in [-0.2, -0.15) is 0 Å². The van der Waals surface area contributed by atoms with E-state index in [9.17, 15) is 0 Å². The molecule has 2 aliphatic carbocycles. The van der Waals surface area contributed by atoms with Crippen molar-refractivity contribution >= 4 is 15.4 Å². The predicted molar refractivity (Wildman–Crippen MR) is 255 cm³/mol. The van der Waals surface area contributed by atoms with E-state index >= 15 is 0 Å². The van der Waals surface area contributed by atoms with Crippen molar-refractivity contribution in [2.45, 2.75) is 30.6 Å². The van der Waals surface area contributed by atoms with Crippen molar-refractivity contribution in [3.63, 3.8) is 0 Å². The first-order valence-electron chi connectivity index (χ1n) is 21.4. The van der Waals surface area contributed by atoms with E-state index in [-0.39, 0.29) is 7.35 Å². The molecule has 0 saturated heterocycles. The molecule has 10 rings (SSSR count). The minimum absolute atomic E-state index is 0.249. The first-order chi connectivity index (χ1) is 29.3. The summed E-state index contributed by atoms with van der Waals surface area (Å²) in [5.74, 6) is 0. The maximum atomic E-state index is 2.79. The Morgan fingerprint density at radius 3 is 1.10 bits per heavy atom. The van der Waals surface area contributed by atoms with Gasteiger partial charge in [0.2, 0.25) is 0 Å². The second kappa shape index (κ2) is 15.2. The monoisotopic (exact) mass is 938 g/mol. The van der Waals surface area contributed by atoms with Crippen LogP contribution in [0.2, 0.25) is 9.36 Å². The van der Waals surface area contributed by atoms with Gasteiger partial charge in [0.1, 0.15) is 0 Å². The number of allylic oxidation sites excluding steroid dienone is 2. The van der Waals surface area contributed by atoms with Gasteiger partial charge in [0.05, 0.1) is 0 Å². The molecule has 0 aromatic heterocycles. The van der Waals surface area contributed by atoms with Crippen LogP contribution in [-0.4, -0.2) is 3.26 Å². The molecular weight excluding hydrogens is 887 g/mol. The molecule has 0 amide bonds. The molecule has 8 aromatic carbocycles. The van der Waals surface area contributed by atoms with Crippen LogP contribution >= 0.6 is 0 Å². The van der Waals surface area contributed by atoms with Crippen LogP contribution in [0.15, 0.2) is 206 Å². The molecule has 0 N–H and O–H groups in total. The molecule has 0 bridgehead atoms. The molecule has 0 saturated carbocycles. The Bertz CT molecular complexity index is 2830. The van der Waals surface area contributed by atoms with Crippen molar-refractivity contribution in [1.29, 1.82) is 0 Å². The van der Waals surface area contributed by atoms with Crippen molar-refractivity contribution in [2.75, 3.05) is 0 Å². The standard InChI is InChI=1S/2C21H15.C15H14.2CH3.Hf/c2*1-2-8-16(9-3-1)18-12-4-5-13-20(18)21-15-7-11-17-10-6-14-19(17)21;1-12-3-7-14(8-4-12)11-15-9-5-13(2)6-10-15;;;/h2*1-15H;3-10H,1-2H3;2*1H3;. The third-order valence-electron chi connectivity index (χ3n) is 13.8. The topological polar surface area (TPSA) is 0 Å². The third kappa shape index (κ3) is 6.34. The first-order valence-corrected chi connectivity index (χ1v) is 34.6. The Hall–Kier alpha value is -6.02. The van der Waals surface area contributed by atoms with Crippen LogP contribution in [0.4, 0.5) is 0 Å². The van der Waals surface area contributed by atoms with E-state index in [0.29, 0.717) is 0 Å². The van der Waals surface area contributed by atoms with Crippen molar-refractivity contribution in [1.82, 2.24) is 0 Å². The zero-order valence-corrected chi connectivity index (χ0v) is 38.5. The molecule has 0 heterocycles. The second-order valence-electron chi connectivity index (χ2n) is 17.8. The molecule has 60 heavy (non-hydrogen) atoms. The average molecular weight is 938 g/mol. The van der Waals surface area contributed by atoms with Gasteiger partial charge in [-0.05, 0) is 0 Å². The number of hydrogen-bond donors (Lipinski definition) is 0. The van der Waals surface area contributed by atoms with Crippen LogP contribution in [-0.2, 0) is 18.0 Å². The first kappa shape index (κ1) is 38.2. The minimum atomic E-state index is -4.79. The van der Waals surface area contributed by atoms with E-state index in [1.54, 1.807) is 3.26 Å². The van der Waals surface area contributed by atoms with Crippen molar-refractivity contribution < 1.29 is 18.0 Å². The van der Waals surface area contributed by atoms with Crippen LogP contribution in [0.5, 0.6) is 0 Å². The fourth-order valence-electron chi connectivity index (χ4n) is 10.9. The molecule has 0 nitrogen and oxygen atoms in total. The molecule has 0 fully saturated rings. The predicted octanol–water partition coefficient (Wildman–Crippen LogP) is 15.9. The summed E-state index contributed by atoms with van der Waals surface area (Å²) < 4.78 is 7.64. The zero-order chi connectivity index (χ0) is 40.9. The quantitative estimate of drug-likeness (QED) is 0.133. The van der Waals surface area contributed by atoms with Crippen molar-refractivity contribution in [3.05, 3.63) is 251 Å². The number of fused-ring (bicyclic) bond motifs is 2. The number of hydrogen-bond acceptors (Lipinski definition) is 0. The Balaban J connectivity index is 1.25. The van der Waals surface area contributed by atoms with Gasteiger partial charge in [0, 0.05) is 0 Å². The Kier molecular flexibility index (Phi) is 9.69. The molecular formula is C59H50Hf. The van der Waals surface area contributed by atoms with Crippen LogP contribution in [0, 0.1) is 13.8 Å². The van der Waals surface area contributed by atoms with Gasteiger partial charge < -0.3 is 0 Å². The van der Waals surface area contributed by atoms with Gasteiger partial charge in [-0.1, -0.05) is 0 Å². The summed E-state index contributed by atoms with van der Waals surface area (Å²) in [6, 6.07) is 72.7. The molecule has 0 radical (unpaired) electrons. The molecule has 2 aliphatic rings. The van der Waals surface area contributed by atoms with Gasteiger partial charge in [0.15, 0.2) is 0 Å². The molecule has 2 atom stereocenters. The summed E-state index contributed by atoms with van der Waals surface area (Å²) in [5, 5.41) is 0. The summed E-state index contributed by atoms with van der Waals surface area (Å²) in [4.78, 5) is 0. The summed E-state index contributed by atoms with van der Waals surface area (Å²) in [7, 11) is 0. The fraction of sp³-hybridized carbons (Fsp3) is 0.102. The number of rotatable bonds is 8. The number of benzene rings is 8. The summed E-state index contributed by atoms with van der Waals surface area (Å²) >= 11 is -4.79. The fourth-order valence-corrected chi connectivity index (χ4v) is 35.9. The van der Waals surface area contributed by atoms with Gasteiger partial charge in [-0.15, -0.1) is 0 Å². The Morgan fingerprint density at radius 2 is 0.700 bits per heavy atom. The summed E-state index contributed by atoms with van der Waals surface area (Å²) in [6.07, 6.45) is 10.2. The van der Waals surface area contributed by atoms with E-state index in [0.717, 1.165) is 0 Å². The van der Waals surface area contributed by atoms with Crippen LogP contribution in [0.25, 0.3) is 56.7 Å². The summed E-state index contributed by atoms with van der Waals surface area (Å²) in [5.41, 5.74) is 21.1. The van der Waals surface area contributed by atoms with Gasteiger partial charge >= 0.3 is 359 Å². The van der Waals surface area contributed by atoms with Crippen LogP contribution in [0.1, 0.15) is 51.9 Å². The van der Waals surface area contributed by atoms with Crippen LogP contribution in [0.3, 0.4) is 0 Å². The van der Waals surface area contributed by atoms with E-state index in [4.69, 9.17) is 0 Å². The zero-order valence-electron chi connectivity index (χ0n) is 34.9. The van der Waals surface area contributed by atoms with E-state index in [1.807, 2.05) is 0 Å². The van der Waals surface area contributed by atoms with Crippen molar-refractivity contribution in [3.8, 4) is 44.5 Å². The molecule has 290 valence electrons. The van der Waals surface area contributed by atoms with Gasteiger partial charge in [0.25, 0.3) is 0 Å². The van der Waals surface area contributed by atoms with E-state index in [2.05, 4.69) is 242 Å². The van der Waals surface area contributed by atoms with Gasteiger partial charge in [-0.25, -0.2) is 0 Å². The molecule has 1 heteroatoms. The van der Waals surface area contributed by atoms with E-state index < -0.39 is 18.0 Å². The summed E-state index contributed by atoms with van der Waals surface area (Å²) in [6.45, 7) is 4.41. The number of aryl methyl sites for hydroxylation is 2. The van der Waals surface area contributed by atoms with Crippen molar-refractivity contribution in [2.24, 2.45) is 0 Å².